The van der Waals surface area contributed by atoms with Gasteiger partial charge in [-0.05, 0) is 50.3 Å². The maximum atomic E-state index is 12.8. The van der Waals surface area contributed by atoms with Gasteiger partial charge in [0.2, 0.25) is 5.91 Å². The van der Waals surface area contributed by atoms with E-state index in [-0.39, 0.29) is 17.9 Å². The van der Waals surface area contributed by atoms with Crippen LogP contribution in [0.25, 0.3) is 0 Å². The molecule has 2 fully saturated rings. The molecule has 0 radical (unpaired) electrons. The van der Waals surface area contributed by atoms with Crippen molar-refractivity contribution in [3.8, 4) is 0 Å². The highest BCUT2D eigenvalue weighted by molar-refractivity contribution is 5.97. The van der Waals surface area contributed by atoms with Crippen LogP contribution in [0.15, 0.2) is 18.2 Å². The highest BCUT2D eigenvalue weighted by atomic mass is 16.7. The molecule has 7 heteroatoms. The maximum absolute atomic E-state index is 12.8. The van der Waals surface area contributed by atoms with Crippen molar-refractivity contribution in [1.82, 2.24) is 9.96 Å². The predicted octanol–water partition coefficient (Wildman–Crippen LogP) is 2.60. The molecule has 28 heavy (non-hydrogen) atoms. The van der Waals surface area contributed by atoms with Crippen molar-refractivity contribution < 1.29 is 19.2 Å². The summed E-state index contributed by atoms with van der Waals surface area (Å²) in [6.07, 6.45) is 4.49. The number of anilines is 1. The Bertz CT molecular complexity index is 680. The van der Waals surface area contributed by atoms with Gasteiger partial charge in [0.1, 0.15) is 0 Å². The Labute approximate surface area is 166 Å². The monoisotopic (exact) mass is 389 g/mol. The van der Waals surface area contributed by atoms with E-state index in [4.69, 9.17) is 9.57 Å². The smallest absolute Gasteiger partial charge is 0.253 e. The van der Waals surface area contributed by atoms with Gasteiger partial charge in [-0.15, -0.1) is 0 Å². The number of rotatable bonds is 6. The molecule has 2 amide bonds. The molecule has 1 N–H and O–H groups in total. The fourth-order valence-corrected chi connectivity index (χ4v) is 3.63. The summed E-state index contributed by atoms with van der Waals surface area (Å²) in [6.45, 7) is 5.51. The molecule has 1 aromatic rings. The molecule has 3 rings (SSSR count). The molecule has 0 bridgehead atoms. The normalized spacial score (nSPS) is 18.9. The van der Waals surface area contributed by atoms with E-state index in [0.717, 1.165) is 44.4 Å². The van der Waals surface area contributed by atoms with Crippen LogP contribution in [0.1, 0.15) is 48.0 Å². The van der Waals surface area contributed by atoms with E-state index in [1.165, 1.54) is 0 Å². The Morgan fingerprint density at radius 3 is 2.68 bits per heavy atom. The van der Waals surface area contributed by atoms with Gasteiger partial charge in [0.05, 0.1) is 12.7 Å². The van der Waals surface area contributed by atoms with Gasteiger partial charge in [0, 0.05) is 51.0 Å². The SMILES string of the molecule is COC1CCN(C(=O)c2ccc(C)c(NC(=O)CCN3CCCCO3)c2)CC1. The Kier molecular flexibility index (Phi) is 7.42. The fraction of sp³-hybridized carbons (Fsp3) is 0.619. The Balaban J connectivity index is 1.56. The first kappa shape index (κ1) is 20.8. The van der Waals surface area contributed by atoms with Crippen molar-refractivity contribution in [3.05, 3.63) is 29.3 Å². The lowest BCUT2D eigenvalue weighted by atomic mass is 10.0. The summed E-state index contributed by atoms with van der Waals surface area (Å²) in [7, 11) is 1.72. The number of piperidine rings is 1. The molecule has 7 nitrogen and oxygen atoms in total. The second-order valence-corrected chi connectivity index (χ2v) is 7.52. The van der Waals surface area contributed by atoms with E-state index >= 15 is 0 Å². The van der Waals surface area contributed by atoms with Crippen LogP contribution >= 0.6 is 0 Å². The molecule has 0 unspecified atom stereocenters. The summed E-state index contributed by atoms with van der Waals surface area (Å²) in [5, 5.41) is 4.81. The molecule has 0 spiro atoms. The van der Waals surface area contributed by atoms with Gasteiger partial charge in [-0.25, -0.2) is 0 Å². The number of carbonyl (C=O) groups is 2. The van der Waals surface area contributed by atoms with Crippen molar-refractivity contribution in [3.63, 3.8) is 0 Å². The van der Waals surface area contributed by atoms with Gasteiger partial charge < -0.3 is 15.0 Å². The molecule has 0 aromatic heterocycles. The van der Waals surface area contributed by atoms with Gasteiger partial charge in [-0.3, -0.25) is 14.4 Å². The topological polar surface area (TPSA) is 71.1 Å². The number of carbonyl (C=O) groups excluding carboxylic acids is 2. The lowest BCUT2D eigenvalue weighted by Crippen LogP contribution is -2.40. The zero-order chi connectivity index (χ0) is 19.9. The van der Waals surface area contributed by atoms with Gasteiger partial charge in [-0.1, -0.05) is 6.07 Å². The quantitative estimate of drug-likeness (QED) is 0.810. The molecular formula is C21H31N3O4. The molecular weight excluding hydrogens is 358 g/mol. The molecule has 2 saturated heterocycles. The summed E-state index contributed by atoms with van der Waals surface area (Å²) in [6, 6.07) is 5.51. The average molecular weight is 389 g/mol. The van der Waals surface area contributed by atoms with Gasteiger partial charge in [0.25, 0.3) is 5.91 Å². The molecule has 2 heterocycles. The number of aryl methyl sites for hydroxylation is 1. The highest BCUT2D eigenvalue weighted by Crippen LogP contribution is 2.21. The molecule has 0 aliphatic carbocycles. The summed E-state index contributed by atoms with van der Waals surface area (Å²) in [5.41, 5.74) is 2.25. The third-order valence-electron chi connectivity index (χ3n) is 5.49. The Hall–Kier alpha value is -1.96. The number of nitrogens with one attached hydrogen (secondary N) is 1. The third kappa shape index (κ3) is 5.53. The number of nitrogens with zero attached hydrogens (tertiary/aromatic N) is 2. The summed E-state index contributed by atoms with van der Waals surface area (Å²) >= 11 is 0. The van der Waals surface area contributed by atoms with Gasteiger partial charge >= 0.3 is 0 Å². The van der Waals surface area contributed by atoms with Crippen LogP contribution in [0.5, 0.6) is 0 Å². The zero-order valence-electron chi connectivity index (χ0n) is 16.9. The van der Waals surface area contributed by atoms with Crippen LogP contribution in [-0.4, -0.2) is 67.8 Å². The third-order valence-corrected chi connectivity index (χ3v) is 5.49. The lowest BCUT2D eigenvalue weighted by molar-refractivity contribution is -0.181. The van der Waals surface area contributed by atoms with Crippen LogP contribution < -0.4 is 5.32 Å². The second kappa shape index (κ2) is 10.0. The van der Waals surface area contributed by atoms with Crippen LogP contribution in [-0.2, 0) is 14.4 Å². The van der Waals surface area contributed by atoms with Gasteiger partial charge in [0.15, 0.2) is 0 Å². The van der Waals surface area contributed by atoms with Crippen molar-refractivity contribution in [2.75, 3.05) is 45.2 Å². The first-order valence-corrected chi connectivity index (χ1v) is 10.2. The number of hydroxylamine groups is 2. The van der Waals surface area contributed by atoms with Gasteiger partial charge in [-0.2, -0.15) is 5.06 Å². The Morgan fingerprint density at radius 2 is 2.00 bits per heavy atom. The molecule has 2 aliphatic rings. The number of ether oxygens (including phenoxy) is 1. The van der Waals surface area contributed by atoms with E-state index in [0.29, 0.717) is 37.3 Å². The van der Waals surface area contributed by atoms with Crippen LogP contribution in [0, 0.1) is 6.92 Å². The van der Waals surface area contributed by atoms with E-state index in [1.54, 1.807) is 13.2 Å². The van der Waals surface area contributed by atoms with Crippen molar-refractivity contribution >= 4 is 17.5 Å². The minimum absolute atomic E-state index is 0.00627. The summed E-state index contributed by atoms with van der Waals surface area (Å²) in [4.78, 5) is 32.6. The molecule has 154 valence electrons. The predicted molar refractivity (Wildman–Crippen MR) is 107 cm³/mol. The van der Waals surface area contributed by atoms with Crippen LogP contribution in [0.2, 0.25) is 0 Å². The minimum atomic E-state index is -0.0669. The van der Waals surface area contributed by atoms with E-state index in [2.05, 4.69) is 5.32 Å². The van der Waals surface area contributed by atoms with Crippen molar-refractivity contribution in [1.29, 1.82) is 0 Å². The number of hydrogen-bond acceptors (Lipinski definition) is 5. The molecule has 0 atom stereocenters. The number of likely N-dealkylation sites (tertiary alicyclic amines) is 1. The van der Waals surface area contributed by atoms with E-state index in [9.17, 15) is 9.59 Å². The first-order chi connectivity index (χ1) is 13.6. The highest BCUT2D eigenvalue weighted by Gasteiger charge is 2.24. The number of methoxy groups -OCH3 is 1. The number of amides is 2. The van der Waals surface area contributed by atoms with E-state index < -0.39 is 0 Å². The van der Waals surface area contributed by atoms with Crippen LogP contribution in [0.4, 0.5) is 5.69 Å². The molecule has 0 saturated carbocycles. The van der Waals surface area contributed by atoms with Crippen molar-refractivity contribution in [2.24, 2.45) is 0 Å². The van der Waals surface area contributed by atoms with Crippen molar-refractivity contribution in [2.45, 2.75) is 45.1 Å². The van der Waals surface area contributed by atoms with E-state index in [1.807, 2.05) is 29.0 Å². The fourth-order valence-electron chi connectivity index (χ4n) is 3.63. The van der Waals surface area contributed by atoms with Crippen LogP contribution in [0.3, 0.4) is 0 Å². The molecule has 1 aromatic carbocycles. The maximum Gasteiger partial charge on any atom is 0.253 e. The largest absolute Gasteiger partial charge is 0.381 e. The standard InChI is InChI=1S/C21H31N3O4/c1-16-5-6-17(21(26)23-11-7-18(27-2)8-12-23)15-19(16)22-20(25)9-13-24-10-3-4-14-28-24/h5-6,15,18H,3-4,7-14H2,1-2H3,(H,22,25). The summed E-state index contributed by atoms with van der Waals surface area (Å²) < 4.78 is 5.37. The lowest BCUT2D eigenvalue weighted by Gasteiger charge is -2.31. The average Bonchev–Trinajstić information content (AvgIpc) is 2.74. The summed E-state index contributed by atoms with van der Waals surface area (Å²) in [5.74, 6) is -0.0606. The number of benzene rings is 1. The minimum Gasteiger partial charge on any atom is -0.381 e. The molecule has 2 aliphatic heterocycles. The number of hydrogen-bond donors (Lipinski definition) is 1. The Morgan fingerprint density at radius 1 is 1.21 bits per heavy atom. The zero-order valence-corrected chi connectivity index (χ0v) is 16.9. The second-order valence-electron chi connectivity index (χ2n) is 7.52. The first-order valence-electron chi connectivity index (χ1n) is 10.2.